The summed E-state index contributed by atoms with van der Waals surface area (Å²) in [4.78, 5) is 3.93. The van der Waals surface area contributed by atoms with Crippen molar-refractivity contribution in [3.8, 4) is 0 Å². The molecule has 4 nitrogen and oxygen atoms in total. The number of guanidine groups is 1. The number of nitrogens with zero attached hydrogens (tertiary/aromatic N) is 1. The minimum Gasteiger partial charge on any atom is -0.372 e. The highest BCUT2D eigenvalue weighted by molar-refractivity contribution is 5.79. The Hall–Kier alpha value is -1.19. The molecule has 0 aromatic rings. The molecule has 0 rings (SSSR count). The van der Waals surface area contributed by atoms with Crippen molar-refractivity contribution in [2.75, 3.05) is 32.8 Å². The summed E-state index contributed by atoms with van der Waals surface area (Å²) in [6.45, 7) is 0.598. The third-order valence-electron chi connectivity index (χ3n) is 2.03. The summed E-state index contributed by atoms with van der Waals surface area (Å²) in [6.07, 6.45) is -9.37. The van der Waals surface area contributed by atoms with Crippen molar-refractivity contribution < 1.29 is 31.1 Å². The van der Waals surface area contributed by atoms with E-state index in [9.17, 15) is 26.3 Å². The van der Waals surface area contributed by atoms with E-state index in [0.717, 1.165) is 0 Å². The molecule has 126 valence electrons. The molecule has 0 aliphatic heterocycles. The summed E-state index contributed by atoms with van der Waals surface area (Å²) in [5.41, 5.74) is 0. The first kappa shape index (κ1) is 19.8. The van der Waals surface area contributed by atoms with Gasteiger partial charge in [0.2, 0.25) is 0 Å². The van der Waals surface area contributed by atoms with Crippen LogP contribution in [-0.4, -0.2) is 51.2 Å². The molecule has 10 heteroatoms. The quantitative estimate of drug-likeness (QED) is 0.312. The van der Waals surface area contributed by atoms with Gasteiger partial charge in [-0.25, -0.2) is 0 Å². The molecule has 0 spiro atoms. The Kier molecular flexibility index (Phi) is 9.14. The molecule has 21 heavy (non-hydrogen) atoms. The van der Waals surface area contributed by atoms with Crippen molar-refractivity contribution in [2.24, 2.45) is 4.99 Å². The first-order valence-electron chi connectivity index (χ1n) is 6.37. The average molecular weight is 323 g/mol. The van der Waals surface area contributed by atoms with Crippen molar-refractivity contribution in [1.82, 2.24) is 10.6 Å². The lowest BCUT2D eigenvalue weighted by atomic mass is 10.4. The van der Waals surface area contributed by atoms with E-state index < -0.39 is 25.4 Å². The van der Waals surface area contributed by atoms with Gasteiger partial charge in [0, 0.05) is 26.2 Å². The van der Waals surface area contributed by atoms with E-state index in [-0.39, 0.29) is 32.1 Å². The van der Waals surface area contributed by atoms with Crippen molar-refractivity contribution >= 4 is 5.96 Å². The van der Waals surface area contributed by atoms with Gasteiger partial charge < -0.3 is 15.4 Å². The first-order valence-corrected chi connectivity index (χ1v) is 6.37. The van der Waals surface area contributed by atoms with Crippen LogP contribution in [0, 0.1) is 0 Å². The number of nitrogens with one attached hydrogen (secondary N) is 2. The van der Waals surface area contributed by atoms with Crippen LogP contribution >= 0.6 is 0 Å². The van der Waals surface area contributed by atoms with Gasteiger partial charge >= 0.3 is 12.4 Å². The van der Waals surface area contributed by atoms with Crippen LogP contribution < -0.4 is 10.6 Å². The SMILES string of the molecule is CCNC(=NCCCOCC(F)(F)F)NCCC(F)(F)F. The lowest BCUT2D eigenvalue weighted by Crippen LogP contribution is -2.39. The molecule has 0 radical (unpaired) electrons. The summed E-state index contributed by atoms with van der Waals surface area (Å²) < 4.78 is 75.6. The molecular weight excluding hydrogens is 304 g/mol. The summed E-state index contributed by atoms with van der Waals surface area (Å²) in [6, 6.07) is 0. The fraction of sp³-hybridized carbons (Fsp3) is 0.909. The van der Waals surface area contributed by atoms with Gasteiger partial charge in [-0.1, -0.05) is 0 Å². The van der Waals surface area contributed by atoms with Crippen LogP contribution in [0.3, 0.4) is 0 Å². The molecule has 0 aliphatic rings. The topological polar surface area (TPSA) is 45.7 Å². The smallest absolute Gasteiger partial charge is 0.372 e. The summed E-state index contributed by atoms with van der Waals surface area (Å²) in [5.74, 6) is 0.192. The Morgan fingerprint density at radius 2 is 1.71 bits per heavy atom. The van der Waals surface area contributed by atoms with E-state index in [1.54, 1.807) is 6.92 Å². The molecule has 0 unspecified atom stereocenters. The van der Waals surface area contributed by atoms with Crippen molar-refractivity contribution in [3.05, 3.63) is 0 Å². The summed E-state index contributed by atoms with van der Waals surface area (Å²) in [7, 11) is 0. The molecule has 0 atom stereocenters. The first-order chi connectivity index (χ1) is 9.64. The van der Waals surface area contributed by atoms with Crippen molar-refractivity contribution in [3.63, 3.8) is 0 Å². The largest absolute Gasteiger partial charge is 0.411 e. The van der Waals surface area contributed by atoms with Crippen molar-refractivity contribution in [1.29, 1.82) is 0 Å². The lowest BCUT2D eigenvalue weighted by Gasteiger charge is -2.12. The number of alkyl halides is 6. The second-order valence-corrected chi connectivity index (χ2v) is 4.07. The van der Waals surface area contributed by atoms with E-state index in [4.69, 9.17) is 0 Å². The fourth-order valence-corrected chi connectivity index (χ4v) is 1.21. The van der Waals surface area contributed by atoms with E-state index in [2.05, 4.69) is 20.4 Å². The van der Waals surface area contributed by atoms with Gasteiger partial charge in [-0.05, 0) is 13.3 Å². The fourth-order valence-electron chi connectivity index (χ4n) is 1.21. The third kappa shape index (κ3) is 15.0. The van der Waals surface area contributed by atoms with Crippen LogP contribution in [0.4, 0.5) is 26.3 Å². The minimum absolute atomic E-state index is 0.120. The molecule has 0 aliphatic carbocycles. The molecule has 2 N–H and O–H groups in total. The van der Waals surface area contributed by atoms with Crippen LogP contribution in [0.15, 0.2) is 4.99 Å². The number of ether oxygens (including phenoxy) is 1. The maximum Gasteiger partial charge on any atom is 0.411 e. The average Bonchev–Trinajstić information content (AvgIpc) is 2.30. The zero-order valence-corrected chi connectivity index (χ0v) is 11.6. The predicted octanol–water partition coefficient (Wildman–Crippen LogP) is 2.46. The highest BCUT2D eigenvalue weighted by Crippen LogP contribution is 2.18. The van der Waals surface area contributed by atoms with Gasteiger partial charge in [0.1, 0.15) is 6.61 Å². The Morgan fingerprint density at radius 3 is 2.24 bits per heavy atom. The Bertz CT molecular complexity index is 303. The maximum atomic E-state index is 12.0. The molecule has 0 amide bonds. The number of aliphatic imine (C=N–C) groups is 1. The summed E-state index contributed by atoms with van der Waals surface area (Å²) in [5, 5.41) is 5.23. The Balaban J connectivity index is 3.89. The van der Waals surface area contributed by atoms with Crippen LogP contribution in [0.5, 0.6) is 0 Å². The number of rotatable bonds is 8. The maximum absolute atomic E-state index is 12.0. The normalized spacial score (nSPS) is 13.4. The highest BCUT2D eigenvalue weighted by Gasteiger charge is 2.27. The highest BCUT2D eigenvalue weighted by atomic mass is 19.4. The summed E-state index contributed by atoms with van der Waals surface area (Å²) >= 11 is 0. The second kappa shape index (κ2) is 9.69. The number of halogens is 6. The lowest BCUT2D eigenvalue weighted by molar-refractivity contribution is -0.173. The molecule has 0 saturated carbocycles. The van der Waals surface area contributed by atoms with Crippen LogP contribution in [-0.2, 0) is 4.74 Å². The molecular formula is C11H19F6N3O. The van der Waals surface area contributed by atoms with E-state index in [0.29, 0.717) is 6.54 Å². The van der Waals surface area contributed by atoms with Gasteiger partial charge in [-0.2, -0.15) is 26.3 Å². The number of hydrogen-bond acceptors (Lipinski definition) is 2. The van der Waals surface area contributed by atoms with Gasteiger partial charge in [-0.3, -0.25) is 4.99 Å². The molecule has 0 aromatic carbocycles. The monoisotopic (exact) mass is 323 g/mol. The van der Waals surface area contributed by atoms with Gasteiger partial charge in [0.05, 0.1) is 6.42 Å². The Morgan fingerprint density at radius 1 is 1.05 bits per heavy atom. The molecule has 0 fully saturated rings. The zero-order valence-electron chi connectivity index (χ0n) is 11.6. The second-order valence-electron chi connectivity index (χ2n) is 4.07. The van der Waals surface area contributed by atoms with E-state index in [1.807, 2.05) is 0 Å². The molecule has 0 saturated heterocycles. The van der Waals surface area contributed by atoms with Gasteiger partial charge in [0.25, 0.3) is 0 Å². The van der Waals surface area contributed by atoms with Gasteiger partial charge in [0.15, 0.2) is 5.96 Å². The number of hydrogen-bond donors (Lipinski definition) is 2. The van der Waals surface area contributed by atoms with E-state index >= 15 is 0 Å². The molecule has 0 bridgehead atoms. The molecule has 0 heterocycles. The predicted molar refractivity (Wildman–Crippen MR) is 66.1 cm³/mol. The van der Waals surface area contributed by atoms with Crippen LogP contribution in [0.2, 0.25) is 0 Å². The Labute approximate surface area is 118 Å². The standard InChI is InChI=1S/C11H19F6N3O/c1-2-18-9(20-6-4-10(12,13)14)19-5-3-7-21-8-11(15,16)17/h2-8H2,1H3,(H2,18,19,20). The van der Waals surface area contributed by atoms with Crippen LogP contribution in [0.1, 0.15) is 19.8 Å². The zero-order chi connectivity index (χ0) is 16.4. The minimum atomic E-state index is -4.36. The van der Waals surface area contributed by atoms with E-state index in [1.165, 1.54) is 0 Å². The van der Waals surface area contributed by atoms with Crippen molar-refractivity contribution in [2.45, 2.75) is 32.1 Å². The third-order valence-corrected chi connectivity index (χ3v) is 2.03. The van der Waals surface area contributed by atoms with Gasteiger partial charge in [-0.15, -0.1) is 0 Å². The van der Waals surface area contributed by atoms with Crippen LogP contribution in [0.25, 0.3) is 0 Å². The molecule has 0 aromatic heterocycles.